The fraction of sp³-hybridized carbons (Fsp3) is 0.333. The minimum Gasteiger partial charge on any atom is -0.481 e. The molecule has 0 saturated heterocycles. The predicted molar refractivity (Wildman–Crippen MR) is 71.0 cm³/mol. The zero-order valence-corrected chi connectivity index (χ0v) is 10.6. The Balaban J connectivity index is 1.79. The van der Waals surface area contributed by atoms with Gasteiger partial charge < -0.3 is 5.11 Å². The van der Waals surface area contributed by atoms with Crippen LogP contribution >= 0.6 is 0 Å². The molecule has 1 heterocycles. The van der Waals surface area contributed by atoms with Crippen molar-refractivity contribution in [2.75, 3.05) is 0 Å². The summed E-state index contributed by atoms with van der Waals surface area (Å²) in [6.45, 7) is 0.381. The summed E-state index contributed by atoms with van der Waals surface area (Å²) in [5, 5.41) is 13.8. The van der Waals surface area contributed by atoms with E-state index in [2.05, 4.69) is 5.10 Å². The Kier molecular flexibility index (Phi) is 3.07. The fourth-order valence-corrected chi connectivity index (χ4v) is 2.27. The summed E-state index contributed by atoms with van der Waals surface area (Å²) < 4.78 is 1.75. The van der Waals surface area contributed by atoms with Gasteiger partial charge in [0.05, 0.1) is 12.2 Å². The largest absolute Gasteiger partial charge is 0.481 e. The molecule has 1 N–H and O–H groups in total. The Morgan fingerprint density at radius 1 is 1.32 bits per heavy atom. The van der Waals surface area contributed by atoms with E-state index in [4.69, 9.17) is 0 Å². The molecule has 4 heteroatoms. The molecule has 2 aromatic rings. The zero-order valence-electron chi connectivity index (χ0n) is 10.6. The SMILES string of the molecule is O=C(O)C(Cn1ccc(C2CC2)n1)c1ccccc1. The van der Waals surface area contributed by atoms with Gasteiger partial charge in [-0.3, -0.25) is 9.48 Å². The second-order valence-electron chi connectivity index (χ2n) is 5.04. The summed E-state index contributed by atoms with van der Waals surface area (Å²) in [5.74, 6) is -0.760. The van der Waals surface area contributed by atoms with Gasteiger partial charge in [-0.05, 0) is 24.5 Å². The maximum atomic E-state index is 11.4. The van der Waals surface area contributed by atoms with Gasteiger partial charge in [0.25, 0.3) is 0 Å². The summed E-state index contributed by atoms with van der Waals surface area (Å²) in [6, 6.07) is 11.3. The van der Waals surface area contributed by atoms with Gasteiger partial charge in [-0.15, -0.1) is 0 Å². The highest BCUT2D eigenvalue weighted by Gasteiger charge is 2.26. The van der Waals surface area contributed by atoms with E-state index in [9.17, 15) is 9.90 Å². The van der Waals surface area contributed by atoms with Crippen molar-refractivity contribution in [2.24, 2.45) is 0 Å². The Morgan fingerprint density at radius 3 is 2.68 bits per heavy atom. The topological polar surface area (TPSA) is 55.1 Å². The molecule has 1 aliphatic carbocycles. The van der Waals surface area contributed by atoms with Crippen LogP contribution in [0.5, 0.6) is 0 Å². The number of rotatable bonds is 5. The van der Waals surface area contributed by atoms with Crippen molar-refractivity contribution in [3.8, 4) is 0 Å². The summed E-state index contributed by atoms with van der Waals surface area (Å²) in [6.07, 6.45) is 4.29. The highest BCUT2D eigenvalue weighted by atomic mass is 16.4. The maximum absolute atomic E-state index is 11.4. The van der Waals surface area contributed by atoms with Crippen LogP contribution in [0, 0.1) is 0 Å². The molecular weight excluding hydrogens is 240 g/mol. The highest BCUT2D eigenvalue weighted by Crippen LogP contribution is 2.38. The van der Waals surface area contributed by atoms with Crippen LogP contribution in [-0.4, -0.2) is 20.9 Å². The van der Waals surface area contributed by atoms with Gasteiger partial charge in [-0.1, -0.05) is 30.3 Å². The third-order valence-corrected chi connectivity index (χ3v) is 3.53. The van der Waals surface area contributed by atoms with Gasteiger partial charge in [-0.2, -0.15) is 5.10 Å². The van der Waals surface area contributed by atoms with Crippen molar-refractivity contribution in [3.05, 3.63) is 53.9 Å². The lowest BCUT2D eigenvalue weighted by Crippen LogP contribution is -2.18. The van der Waals surface area contributed by atoms with Crippen molar-refractivity contribution in [3.63, 3.8) is 0 Å². The molecule has 1 aliphatic rings. The number of aliphatic carboxylic acids is 1. The molecule has 1 unspecified atom stereocenters. The predicted octanol–water partition coefficient (Wildman–Crippen LogP) is 2.63. The van der Waals surface area contributed by atoms with Crippen LogP contribution < -0.4 is 0 Å². The molecule has 0 aliphatic heterocycles. The third kappa shape index (κ3) is 2.67. The molecular formula is C15H16N2O2. The Hall–Kier alpha value is -2.10. The van der Waals surface area contributed by atoms with E-state index < -0.39 is 11.9 Å². The third-order valence-electron chi connectivity index (χ3n) is 3.53. The van der Waals surface area contributed by atoms with Crippen molar-refractivity contribution in [2.45, 2.75) is 31.2 Å². The molecule has 0 radical (unpaired) electrons. The van der Waals surface area contributed by atoms with Gasteiger partial charge in [0.1, 0.15) is 5.92 Å². The van der Waals surface area contributed by atoms with Gasteiger partial charge >= 0.3 is 5.97 Å². The number of carboxylic acid groups (broad SMARTS) is 1. The molecule has 19 heavy (non-hydrogen) atoms. The van der Waals surface area contributed by atoms with Crippen LogP contribution in [0.2, 0.25) is 0 Å². The van der Waals surface area contributed by atoms with E-state index in [1.165, 1.54) is 12.8 Å². The second kappa shape index (κ2) is 4.88. The summed E-state index contributed by atoms with van der Waals surface area (Å²) in [5.41, 5.74) is 1.91. The first-order chi connectivity index (χ1) is 9.24. The number of benzene rings is 1. The molecule has 0 bridgehead atoms. The quantitative estimate of drug-likeness (QED) is 0.894. The lowest BCUT2D eigenvalue weighted by Gasteiger charge is -2.12. The van der Waals surface area contributed by atoms with Crippen LogP contribution in [0.3, 0.4) is 0 Å². The van der Waals surface area contributed by atoms with Crippen LogP contribution in [0.4, 0.5) is 0 Å². The molecule has 1 atom stereocenters. The molecule has 1 aromatic carbocycles. The van der Waals surface area contributed by atoms with Crippen LogP contribution in [0.1, 0.15) is 35.9 Å². The smallest absolute Gasteiger partial charge is 0.312 e. The number of carbonyl (C=O) groups is 1. The van der Waals surface area contributed by atoms with E-state index >= 15 is 0 Å². The van der Waals surface area contributed by atoms with Crippen molar-refractivity contribution in [1.82, 2.24) is 9.78 Å². The minimum atomic E-state index is -0.810. The average Bonchev–Trinajstić information content (AvgIpc) is 3.16. The van der Waals surface area contributed by atoms with E-state index in [-0.39, 0.29) is 0 Å². The minimum absolute atomic E-state index is 0.381. The lowest BCUT2D eigenvalue weighted by molar-refractivity contribution is -0.139. The summed E-state index contributed by atoms with van der Waals surface area (Å²) in [4.78, 5) is 11.4. The molecule has 4 nitrogen and oxygen atoms in total. The van der Waals surface area contributed by atoms with Crippen LogP contribution in [0.25, 0.3) is 0 Å². The van der Waals surface area contributed by atoms with Gasteiger partial charge in [-0.25, -0.2) is 0 Å². The van der Waals surface area contributed by atoms with Crippen LogP contribution in [0.15, 0.2) is 42.6 Å². The molecule has 0 spiro atoms. The Morgan fingerprint density at radius 2 is 2.05 bits per heavy atom. The van der Waals surface area contributed by atoms with E-state index in [1.807, 2.05) is 42.6 Å². The Labute approximate surface area is 111 Å². The second-order valence-corrected chi connectivity index (χ2v) is 5.04. The van der Waals surface area contributed by atoms with Gasteiger partial charge in [0.2, 0.25) is 0 Å². The van der Waals surface area contributed by atoms with Gasteiger partial charge in [0, 0.05) is 12.1 Å². The van der Waals surface area contributed by atoms with Crippen molar-refractivity contribution < 1.29 is 9.90 Å². The molecule has 1 fully saturated rings. The molecule has 1 saturated carbocycles. The lowest BCUT2D eigenvalue weighted by atomic mass is 9.99. The molecule has 98 valence electrons. The number of aromatic nitrogens is 2. The number of hydrogen-bond acceptors (Lipinski definition) is 2. The number of hydrogen-bond donors (Lipinski definition) is 1. The normalized spacial score (nSPS) is 16.2. The number of carboxylic acids is 1. The molecule has 0 amide bonds. The van der Waals surface area contributed by atoms with Crippen LogP contribution in [-0.2, 0) is 11.3 Å². The van der Waals surface area contributed by atoms with E-state index in [0.717, 1.165) is 11.3 Å². The molecule has 1 aromatic heterocycles. The average molecular weight is 256 g/mol. The first kappa shape index (κ1) is 12.0. The monoisotopic (exact) mass is 256 g/mol. The first-order valence-electron chi connectivity index (χ1n) is 6.55. The Bertz CT molecular complexity index is 573. The van der Waals surface area contributed by atoms with E-state index in [1.54, 1.807) is 4.68 Å². The molecule has 3 rings (SSSR count). The van der Waals surface area contributed by atoms with Crippen molar-refractivity contribution >= 4 is 5.97 Å². The maximum Gasteiger partial charge on any atom is 0.312 e. The highest BCUT2D eigenvalue weighted by molar-refractivity contribution is 5.75. The summed E-state index contributed by atoms with van der Waals surface area (Å²) >= 11 is 0. The summed E-state index contributed by atoms with van der Waals surface area (Å²) in [7, 11) is 0. The van der Waals surface area contributed by atoms with Crippen molar-refractivity contribution in [1.29, 1.82) is 0 Å². The van der Waals surface area contributed by atoms with E-state index in [0.29, 0.717) is 12.5 Å². The van der Waals surface area contributed by atoms with Gasteiger partial charge in [0.15, 0.2) is 0 Å². The first-order valence-corrected chi connectivity index (χ1v) is 6.55. The number of nitrogens with zero attached hydrogens (tertiary/aromatic N) is 2. The fourth-order valence-electron chi connectivity index (χ4n) is 2.27. The zero-order chi connectivity index (χ0) is 13.2. The standard InChI is InChI=1S/C15H16N2O2/c18-15(19)13(11-4-2-1-3-5-11)10-17-9-8-14(16-17)12-6-7-12/h1-5,8-9,12-13H,6-7,10H2,(H,18,19).